The number of nitrogens with zero attached hydrogens (tertiary/aromatic N) is 1. The topological polar surface area (TPSA) is 41.8 Å². The van der Waals surface area contributed by atoms with Gasteiger partial charge in [0, 0.05) is 5.56 Å². The summed E-state index contributed by atoms with van der Waals surface area (Å²) in [6, 6.07) is 29.7. The third-order valence-electron chi connectivity index (χ3n) is 4.15. The van der Waals surface area contributed by atoms with Gasteiger partial charge in [0.2, 0.25) is 5.90 Å². The van der Waals surface area contributed by atoms with Crippen LogP contribution in [0.5, 0.6) is 0 Å². The van der Waals surface area contributed by atoms with E-state index in [1.54, 1.807) is 0 Å². The first-order chi connectivity index (χ1) is 12.8. The smallest absolute Gasteiger partial charge is 0.217 e. The number of hydrogen-bond donors (Lipinski definition) is 1. The van der Waals surface area contributed by atoms with Crippen molar-refractivity contribution >= 4 is 5.90 Å². The molecule has 0 aromatic heterocycles. The third kappa shape index (κ3) is 4.58. The average Bonchev–Trinajstić information content (AvgIpc) is 3.15. The van der Waals surface area contributed by atoms with Gasteiger partial charge in [0.1, 0.15) is 6.04 Å². The van der Waals surface area contributed by atoms with Gasteiger partial charge in [-0.1, -0.05) is 84.4 Å². The Labute approximate surface area is 154 Å². The maximum absolute atomic E-state index is 9.48. The first-order valence-electron chi connectivity index (χ1n) is 8.75. The van der Waals surface area contributed by atoms with Gasteiger partial charge in [0.25, 0.3) is 0 Å². The van der Waals surface area contributed by atoms with Gasteiger partial charge in [-0.25, -0.2) is 4.99 Å². The van der Waals surface area contributed by atoms with Crippen molar-refractivity contribution in [2.45, 2.75) is 19.1 Å². The molecule has 0 radical (unpaired) electrons. The van der Waals surface area contributed by atoms with Crippen LogP contribution in [0.1, 0.15) is 22.8 Å². The Bertz CT molecular complexity index is 817. The minimum Gasteiger partial charge on any atom is -0.467 e. The van der Waals surface area contributed by atoms with E-state index in [4.69, 9.17) is 4.74 Å². The molecule has 0 aliphatic carbocycles. The molecule has 132 valence electrons. The predicted octanol–water partition coefficient (Wildman–Crippen LogP) is 4.56. The Morgan fingerprint density at radius 2 is 1.35 bits per heavy atom. The standard InChI is InChI=1S/C16H15NO2.C7H8/c18-11-14-15(12-7-3-1-4-8-12)19-16(17-14)13-9-5-2-6-10-13;1-7-5-3-2-4-6-7/h1-10,14-15,18H,11H2;2-6H,1H3. The first-order valence-corrected chi connectivity index (χ1v) is 8.75. The van der Waals surface area contributed by atoms with Gasteiger partial charge in [0.15, 0.2) is 6.10 Å². The normalized spacial score (nSPS) is 18.3. The Morgan fingerprint density at radius 3 is 1.85 bits per heavy atom. The second-order valence-electron chi connectivity index (χ2n) is 6.15. The maximum atomic E-state index is 9.48. The highest BCUT2D eigenvalue weighted by Gasteiger charge is 2.32. The minimum absolute atomic E-state index is 0.0180. The molecule has 1 aliphatic heterocycles. The molecule has 3 aromatic rings. The SMILES string of the molecule is Cc1ccccc1.OCC1N=C(c2ccccc2)OC1c1ccccc1. The van der Waals surface area contributed by atoms with Gasteiger partial charge in [-0.05, 0) is 24.6 Å². The molecule has 3 nitrogen and oxygen atoms in total. The lowest BCUT2D eigenvalue weighted by atomic mass is 10.0. The summed E-state index contributed by atoms with van der Waals surface area (Å²) in [6.45, 7) is 2.07. The molecule has 3 aromatic carbocycles. The Kier molecular flexibility index (Phi) is 6.18. The molecule has 0 amide bonds. The van der Waals surface area contributed by atoms with Crippen LogP contribution >= 0.6 is 0 Å². The van der Waals surface area contributed by atoms with Crippen molar-refractivity contribution in [3.05, 3.63) is 108 Å². The van der Waals surface area contributed by atoms with Crippen molar-refractivity contribution in [1.29, 1.82) is 0 Å². The minimum atomic E-state index is -0.238. The number of benzene rings is 3. The second kappa shape index (κ2) is 8.97. The number of aryl methyl sites for hydroxylation is 1. The van der Waals surface area contributed by atoms with E-state index >= 15 is 0 Å². The van der Waals surface area contributed by atoms with E-state index < -0.39 is 0 Å². The largest absolute Gasteiger partial charge is 0.467 e. The van der Waals surface area contributed by atoms with Crippen LogP contribution in [0.4, 0.5) is 0 Å². The van der Waals surface area contributed by atoms with Crippen LogP contribution in [0, 0.1) is 6.92 Å². The fourth-order valence-corrected chi connectivity index (χ4v) is 2.77. The maximum Gasteiger partial charge on any atom is 0.217 e. The third-order valence-corrected chi connectivity index (χ3v) is 4.15. The van der Waals surface area contributed by atoms with Crippen molar-refractivity contribution in [2.75, 3.05) is 6.61 Å². The van der Waals surface area contributed by atoms with E-state index in [2.05, 4.69) is 24.0 Å². The van der Waals surface area contributed by atoms with Crippen LogP contribution in [0.25, 0.3) is 0 Å². The van der Waals surface area contributed by atoms with Gasteiger partial charge < -0.3 is 9.84 Å². The first kappa shape index (κ1) is 17.9. The van der Waals surface area contributed by atoms with E-state index in [9.17, 15) is 5.11 Å². The van der Waals surface area contributed by atoms with Crippen LogP contribution in [0.15, 0.2) is 96.0 Å². The van der Waals surface area contributed by atoms with Crippen molar-refractivity contribution in [3.8, 4) is 0 Å². The predicted molar refractivity (Wildman–Crippen MR) is 105 cm³/mol. The summed E-state index contributed by atoms with van der Waals surface area (Å²) in [5.41, 5.74) is 3.30. The highest BCUT2D eigenvalue weighted by Crippen LogP contribution is 2.30. The lowest BCUT2D eigenvalue weighted by Crippen LogP contribution is -2.17. The monoisotopic (exact) mass is 345 g/mol. The lowest BCUT2D eigenvalue weighted by molar-refractivity contribution is 0.152. The molecule has 26 heavy (non-hydrogen) atoms. The van der Waals surface area contributed by atoms with Crippen molar-refractivity contribution in [3.63, 3.8) is 0 Å². The lowest BCUT2D eigenvalue weighted by Gasteiger charge is -2.16. The molecule has 2 unspecified atom stereocenters. The van der Waals surface area contributed by atoms with Gasteiger partial charge in [-0.15, -0.1) is 0 Å². The zero-order valence-electron chi connectivity index (χ0n) is 14.8. The summed E-state index contributed by atoms with van der Waals surface area (Å²) in [4.78, 5) is 4.48. The number of hydrogen-bond acceptors (Lipinski definition) is 3. The summed E-state index contributed by atoms with van der Waals surface area (Å²) in [5.74, 6) is 0.605. The molecular formula is C23H23NO2. The molecule has 1 N–H and O–H groups in total. The van der Waals surface area contributed by atoms with Crippen molar-refractivity contribution in [2.24, 2.45) is 4.99 Å². The van der Waals surface area contributed by atoms with Crippen LogP contribution in [0.2, 0.25) is 0 Å². The van der Waals surface area contributed by atoms with Crippen LogP contribution in [-0.4, -0.2) is 23.7 Å². The van der Waals surface area contributed by atoms with E-state index in [-0.39, 0.29) is 18.8 Å². The highest BCUT2D eigenvalue weighted by molar-refractivity contribution is 5.95. The van der Waals surface area contributed by atoms with Crippen LogP contribution < -0.4 is 0 Å². The number of aliphatic imine (C=N–C) groups is 1. The van der Waals surface area contributed by atoms with E-state index in [1.165, 1.54) is 5.56 Å². The summed E-state index contributed by atoms with van der Waals surface area (Å²) in [7, 11) is 0. The van der Waals surface area contributed by atoms with Gasteiger partial charge >= 0.3 is 0 Å². The fourth-order valence-electron chi connectivity index (χ4n) is 2.77. The Morgan fingerprint density at radius 1 is 0.808 bits per heavy atom. The summed E-state index contributed by atoms with van der Waals surface area (Å²) < 4.78 is 5.93. The second-order valence-corrected chi connectivity index (χ2v) is 6.15. The molecule has 0 saturated heterocycles. The number of aliphatic hydroxyl groups is 1. The molecule has 0 saturated carbocycles. The van der Waals surface area contributed by atoms with E-state index in [0.717, 1.165) is 11.1 Å². The molecule has 1 heterocycles. The molecule has 0 fully saturated rings. The van der Waals surface area contributed by atoms with Gasteiger partial charge in [-0.3, -0.25) is 0 Å². The molecule has 3 heteroatoms. The van der Waals surface area contributed by atoms with Gasteiger partial charge in [-0.2, -0.15) is 0 Å². The Hall–Kier alpha value is -2.91. The molecule has 1 aliphatic rings. The summed E-state index contributed by atoms with van der Waals surface area (Å²) in [5, 5.41) is 9.48. The Balaban J connectivity index is 0.000000236. The quantitative estimate of drug-likeness (QED) is 0.756. The average molecular weight is 345 g/mol. The fraction of sp³-hybridized carbons (Fsp3) is 0.174. The number of aliphatic hydroxyl groups excluding tert-OH is 1. The van der Waals surface area contributed by atoms with Crippen LogP contribution in [-0.2, 0) is 4.74 Å². The number of rotatable bonds is 3. The zero-order valence-corrected chi connectivity index (χ0v) is 14.8. The molecular weight excluding hydrogens is 322 g/mol. The highest BCUT2D eigenvalue weighted by atomic mass is 16.5. The van der Waals surface area contributed by atoms with E-state index in [0.29, 0.717) is 5.90 Å². The van der Waals surface area contributed by atoms with Crippen molar-refractivity contribution < 1.29 is 9.84 Å². The van der Waals surface area contributed by atoms with E-state index in [1.807, 2.05) is 78.9 Å². The molecule has 0 bridgehead atoms. The van der Waals surface area contributed by atoms with Crippen molar-refractivity contribution in [1.82, 2.24) is 0 Å². The molecule has 2 atom stereocenters. The molecule has 4 rings (SSSR count). The number of ether oxygens (including phenoxy) is 1. The zero-order chi connectivity index (χ0) is 18.2. The molecule has 0 spiro atoms. The summed E-state index contributed by atoms with van der Waals surface area (Å²) in [6.07, 6.45) is -0.207. The van der Waals surface area contributed by atoms with Gasteiger partial charge in [0.05, 0.1) is 6.61 Å². The van der Waals surface area contributed by atoms with Crippen LogP contribution in [0.3, 0.4) is 0 Å². The summed E-state index contributed by atoms with van der Waals surface area (Å²) >= 11 is 0.